The van der Waals surface area contributed by atoms with Crippen molar-refractivity contribution in [3.8, 4) is 0 Å². The highest BCUT2D eigenvalue weighted by Crippen LogP contribution is 2.21. The third-order valence-electron chi connectivity index (χ3n) is 3.12. The summed E-state index contributed by atoms with van der Waals surface area (Å²) in [5, 5.41) is 0. The number of amidine groups is 1. The molecule has 0 saturated heterocycles. The van der Waals surface area contributed by atoms with Gasteiger partial charge in [-0.05, 0) is 24.5 Å². The average Bonchev–Trinajstić information content (AvgIpc) is 2.70. The number of carbonyl (C=O) groups is 3. The van der Waals surface area contributed by atoms with Crippen LogP contribution in [0.5, 0.6) is 0 Å². The molecule has 2 N–H and O–H groups in total. The number of aldehydes is 1. The molecule has 0 spiro atoms. The molecular weight excluding hydrogens is 246 g/mol. The van der Waals surface area contributed by atoms with Crippen LogP contribution in [0.3, 0.4) is 0 Å². The maximum absolute atomic E-state index is 12.1. The molecule has 0 fully saturated rings. The van der Waals surface area contributed by atoms with Gasteiger partial charge in [-0.15, -0.1) is 0 Å². The van der Waals surface area contributed by atoms with Crippen molar-refractivity contribution in [3.63, 3.8) is 0 Å². The molecule has 1 aliphatic heterocycles. The summed E-state index contributed by atoms with van der Waals surface area (Å²) in [5.74, 6) is 0.196. The molecule has 0 aromatic carbocycles. The lowest BCUT2D eigenvalue weighted by atomic mass is 9.95. The van der Waals surface area contributed by atoms with Gasteiger partial charge in [-0.2, -0.15) is 0 Å². The van der Waals surface area contributed by atoms with Crippen molar-refractivity contribution >= 4 is 23.8 Å². The Morgan fingerprint density at radius 3 is 2.58 bits per heavy atom. The topological polar surface area (TPSA) is 92.8 Å². The van der Waals surface area contributed by atoms with E-state index in [1.165, 1.54) is 17.1 Å². The number of aliphatic imine (C=N–C) groups is 1. The number of nitrogens with zero attached hydrogens (tertiary/aromatic N) is 2. The number of carbonyl (C=O) groups excluding carboxylic acids is 3. The van der Waals surface area contributed by atoms with Crippen LogP contribution in [0.4, 0.5) is 0 Å². The Morgan fingerprint density at radius 1 is 1.32 bits per heavy atom. The number of amides is 1. The van der Waals surface area contributed by atoms with E-state index in [1.54, 1.807) is 12.2 Å². The normalized spacial score (nSPS) is 23.1. The number of nitrogens with two attached hydrogens (primary N) is 1. The third-order valence-corrected chi connectivity index (χ3v) is 3.12. The lowest BCUT2D eigenvalue weighted by Crippen LogP contribution is -2.39. The molecule has 0 aromatic heterocycles. The predicted octanol–water partition coefficient (Wildman–Crippen LogP) is -0.545. The van der Waals surface area contributed by atoms with Gasteiger partial charge in [-0.1, -0.05) is 12.2 Å². The number of rotatable bonds is 5. The molecule has 2 rings (SSSR count). The fourth-order valence-electron chi connectivity index (χ4n) is 2.17. The summed E-state index contributed by atoms with van der Waals surface area (Å²) < 4.78 is 0. The molecule has 1 heterocycles. The van der Waals surface area contributed by atoms with Gasteiger partial charge in [0.1, 0.15) is 18.2 Å². The molecule has 0 aromatic rings. The molecule has 19 heavy (non-hydrogen) atoms. The van der Waals surface area contributed by atoms with Gasteiger partial charge in [0.05, 0.1) is 13.1 Å². The molecule has 1 unspecified atom stereocenters. The van der Waals surface area contributed by atoms with E-state index in [4.69, 9.17) is 5.73 Å². The fourth-order valence-corrected chi connectivity index (χ4v) is 2.17. The highest BCUT2D eigenvalue weighted by molar-refractivity contribution is 6.07. The number of hydrogen-bond donors (Lipinski definition) is 1. The number of hydrogen-bond acceptors (Lipinski definition) is 5. The van der Waals surface area contributed by atoms with Crippen LogP contribution in [0.1, 0.15) is 6.42 Å². The van der Waals surface area contributed by atoms with Crippen molar-refractivity contribution in [1.29, 1.82) is 0 Å². The Labute approximate surface area is 110 Å². The van der Waals surface area contributed by atoms with Crippen LogP contribution >= 0.6 is 0 Å². The first-order valence-electron chi connectivity index (χ1n) is 6.08. The van der Waals surface area contributed by atoms with Crippen LogP contribution in [0, 0.1) is 5.92 Å². The van der Waals surface area contributed by atoms with Crippen LogP contribution in [-0.4, -0.2) is 47.8 Å². The van der Waals surface area contributed by atoms with Gasteiger partial charge in [0.2, 0.25) is 0 Å². The summed E-state index contributed by atoms with van der Waals surface area (Å²) >= 11 is 0. The average molecular weight is 261 g/mol. The van der Waals surface area contributed by atoms with Crippen LogP contribution in [-0.2, 0) is 14.4 Å². The first-order chi connectivity index (χ1) is 9.15. The summed E-state index contributed by atoms with van der Waals surface area (Å²) in [7, 11) is 0. The second kappa shape index (κ2) is 5.71. The van der Waals surface area contributed by atoms with Crippen molar-refractivity contribution in [1.82, 2.24) is 4.90 Å². The summed E-state index contributed by atoms with van der Waals surface area (Å²) in [6.45, 7) is 0.116. The Hall–Kier alpha value is -2.08. The first kappa shape index (κ1) is 13.4. The van der Waals surface area contributed by atoms with Crippen molar-refractivity contribution in [3.05, 3.63) is 24.3 Å². The Balaban J connectivity index is 2.05. The van der Waals surface area contributed by atoms with Crippen molar-refractivity contribution in [2.24, 2.45) is 16.6 Å². The molecular formula is C13H15N3O3. The van der Waals surface area contributed by atoms with E-state index in [1.807, 2.05) is 0 Å². The largest absolute Gasteiger partial charge is 0.324 e. The van der Waals surface area contributed by atoms with Crippen molar-refractivity contribution < 1.29 is 14.4 Å². The molecule has 0 radical (unpaired) electrons. The minimum atomic E-state index is -0.522. The van der Waals surface area contributed by atoms with E-state index >= 15 is 0 Å². The zero-order valence-corrected chi connectivity index (χ0v) is 10.4. The van der Waals surface area contributed by atoms with Gasteiger partial charge < -0.3 is 10.5 Å². The molecule has 2 aliphatic rings. The Kier molecular flexibility index (Phi) is 4.01. The van der Waals surface area contributed by atoms with Crippen LogP contribution < -0.4 is 5.73 Å². The maximum Gasteiger partial charge on any atom is 0.253 e. The number of allylic oxidation sites excluding steroid dienone is 4. The lowest BCUT2D eigenvalue weighted by Gasteiger charge is -2.16. The highest BCUT2D eigenvalue weighted by atomic mass is 16.2. The zero-order chi connectivity index (χ0) is 13.8. The highest BCUT2D eigenvalue weighted by Gasteiger charge is 2.34. The van der Waals surface area contributed by atoms with E-state index in [9.17, 15) is 14.4 Å². The fraction of sp³-hybridized carbons (Fsp3) is 0.385. The van der Waals surface area contributed by atoms with Gasteiger partial charge in [0, 0.05) is 0 Å². The monoisotopic (exact) mass is 261 g/mol. The van der Waals surface area contributed by atoms with Crippen LogP contribution in [0.25, 0.3) is 0 Å². The summed E-state index contributed by atoms with van der Waals surface area (Å²) in [6.07, 6.45) is 7.63. The smallest absolute Gasteiger partial charge is 0.253 e. The lowest BCUT2D eigenvalue weighted by molar-refractivity contribution is -0.129. The van der Waals surface area contributed by atoms with Gasteiger partial charge in [-0.25, -0.2) is 0 Å². The second-order valence-electron chi connectivity index (χ2n) is 4.40. The van der Waals surface area contributed by atoms with Crippen molar-refractivity contribution in [2.75, 3.05) is 13.1 Å². The molecule has 1 amide bonds. The standard InChI is InChI=1S/C13H15N3O3/c14-8-12-15-11(13(19)16(12)5-6-17)7-9-1-3-10(18)4-2-9/h1-4,6,9,11H,5,7-8,14H2. The predicted molar refractivity (Wildman–Crippen MR) is 69.4 cm³/mol. The zero-order valence-electron chi connectivity index (χ0n) is 10.4. The third kappa shape index (κ3) is 2.85. The van der Waals surface area contributed by atoms with Gasteiger partial charge in [0.15, 0.2) is 5.78 Å². The van der Waals surface area contributed by atoms with E-state index < -0.39 is 6.04 Å². The van der Waals surface area contributed by atoms with Crippen LogP contribution in [0.15, 0.2) is 29.3 Å². The number of ketones is 1. The SMILES string of the molecule is NCC1=NC(CC2C=CC(=O)C=C2)C(=O)N1CC=O. The summed E-state index contributed by atoms with van der Waals surface area (Å²) in [4.78, 5) is 39.2. The molecule has 1 atom stereocenters. The van der Waals surface area contributed by atoms with Crippen LogP contribution in [0.2, 0.25) is 0 Å². The maximum atomic E-state index is 12.1. The van der Waals surface area contributed by atoms with Gasteiger partial charge >= 0.3 is 0 Å². The molecule has 1 aliphatic carbocycles. The Bertz CT molecular complexity index is 477. The van der Waals surface area contributed by atoms with E-state index in [2.05, 4.69) is 4.99 Å². The summed E-state index contributed by atoms with van der Waals surface area (Å²) in [6, 6.07) is -0.522. The van der Waals surface area contributed by atoms with Gasteiger partial charge in [-0.3, -0.25) is 19.5 Å². The van der Waals surface area contributed by atoms with Gasteiger partial charge in [0.25, 0.3) is 5.91 Å². The van der Waals surface area contributed by atoms with E-state index in [0.717, 1.165) is 0 Å². The first-order valence-corrected chi connectivity index (χ1v) is 6.08. The van der Waals surface area contributed by atoms with E-state index in [0.29, 0.717) is 18.5 Å². The minimum absolute atomic E-state index is 0.00519. The molecule has 0 saturated carbocycles. The second-order valence-corrected chi connectivity index (χ2v) is 4.40. The molecule has 0 bridgehead atoms. The minimum Gasteiger partial charge on any atom is -0.324 e. The molecule has 6 heteroatoms. The molecule has 100 valence electrons. The van der Waals surface area contributed by atoms with Crippen molar-refractivity contribution in [2.45, 2.75) is 12.5 Å². The van der Waals surface area contributed by atoms with E-state index in [-0.39, 0.29) is 30.7 Å². The quantitative estimate of drug-likeness (QED) is 0.672. The summed E-state index contributed by atoms with van der Waals surface area (Å²) in [5.41, 5.74) is 5.52. The Morgan fingerprint density at radius 2 is 2.00 bits per heavy atom. The molecule has 6 nitrogen and oxygen atoms in total.